The van der Waals surface area contributed by atoms with E-state index >= 15 is 0 Å². The predicted molar refractivity (Wildman–Crippen MR) is 154 cm³/mol. The van der Waals surface area contributed by atoms with Gasteiger partial charge in [-0.2, -0.15) is 9.61 Å². The number of nitrogens with zero attached hydrogens (tertiary/aromatic N) is 4. The van der Waals surface area contributed by atoms with Crippen molar-refractivity contribution in [3.05, 3.63) is 84.1 Å². The van der Waals surface area contributed by atoms with E-state index in [1.54, 1.807) is 12.3 Å². The molecule has 3 N–H and O–H groups in total. The van der Waals surface area contributed by atoms with E-state index in [0.29, 0.717) is 17.3 Å². The molecular formula is C30H38N6O. The summed E-state index contributed by atoms with van der Waals surface area (Å²) in [4.78, 5) is 7.32. The van der Waals surface area contributed by atoms with Crippen molar-refractivity contribution in [1.29, 1.82) is 0 Å². The van der Waals surface area contributed by atoms with Crippen LogP contribution in [0, 0.1) is 0 Å². The molecule has 7 heteroatoms. The molecule has 1 saturated heterocycles. The smallest absolute Gasteiger partial charge is 0.181 e. The molecule has 194 valence electrons. The molecule has 1 aromatic carbocycles. The largest absolute Gasteiger partial charge is 0.507 e. The molecule has 0 radical (unpaired) electrons. The van der Waals surface area contributed by atoms with Crippen LogP contribution in [0.1, 0.15) is 33.6 Å². The van der Waals surface area contributed by atoms with Crippen LogP contribution in [0.5, 0.6) is 5.75 Å². The van der Waals surface area contributed by atoms with Crippen LogP contribution in [-0.2, 0) is 0 Å². The molecule has 3 aromatic rings. The fourth-order valence-corrected chi connectivity index (χ4v) is 4.77. The molecule has 0 amide bonds. The Balaban J connectivity index is 1.49. The number of nitrogens with one attached hydrogen (secondary N) is 2. The summed E-state index contributed by atoms with van der Waals surface area (Å²) < 4.78 is 1.84. The zero-order valence-corrected chi connectivity index (χ0v) is 22.3. The van der Waals surface area contributed by atoms with Gasteiger partial charge in [0.05, 0.1) is 17.6 Å². The fraction of sp³-hybridized carbons (Fsp3) is 0.333. The molecule has 0 spiro atoms. The number of aromatic nitrogens is 3. The number of hydrogen-bond acceptors (Lipinski definition) is 6. The molecule has 0 atom stereocenters. The molecule has 1 fully saturated rings. The highest BCUT2D eigenvalue weighted by molar-refractivity contribution is 5.76. The van der Waals surface area contributed by atoms with Gasteiger partial charge < -0.3 is 15.7 Å². The molecule has 3 heterocycles. The molecule has 0 bridgehead atoms. The van der Waals surface area contributed by atoms with Gasteiger partial charge in [0.25, 0.3) is 0 Å². The van der Waals surface area contributed by atoms with Gasteiger partial charge in [0.1, 0.15) is 11.6 Å². The highest BCUT2D eigenvalue weighted by atomic mass is 16.3. The lowest BCUT2D eigenvalue weighted by molar-refractivity contribution is 0.235. The Morgan fingerprint density at radius 2 is 1.97 bits per heavy atom. The van der Waals surface area contributed by atoms with Gasteiger partial charge in [-0.1, -0.05) is 48.6 Å². The van der Waals surface area contributed by atoms with Gasteiger partial charge in [-0.3, -0.25) is 4.90 Å². The Hall–Kier alpha value is -3.84. The van der Waals surface area contributed by atoms with Crippen molar-refractivity contribution in [2.75, 3.05) is 37.3 Å². The van der Waals surface area contributed by atoms with Crippen LogP contribution in [0.3, 0.4) is 0 Å². The number of phenolic OH excluding ortho intramolecular Hbond substituents is 1. The summed E-state index contributed by atoms with van der Waals surface area (Å²) in [5.74, 6) is 1.09. The van der Waals surface area contributed by atoms with Gasteiger partial charge >= 0.3 is 0 Å². The number of rotatable bonds is 9. The number of hydrogen-bond donors (Lipinski definition) is 3. The molecule has 7 nitrogen and oxygen atoms in total. The molecule has 0 saturated carbocycles. The van der Waals surface area contributed by atoms with Crippen LogP contribution in [0.15, 0.2) is 84.1 Å². The van der Waals surface area contributed by atoms with Crippen molar-refractivity contribution >= 4 is 17.2 Å². The number of fused-ring (bicyclic) bond motifs is 1. The molecule has 1 aliphatic rings. The van der Waals surface area contributed by atoms with Crippen LogP contribution in [0.4, 0.5) is 11.5 Å². The first-order valence-electron chi connectivity index (χ1n) is 12.9. The number of allylic oxidation sites excluding steroid dienone is 6. The average molecular weight is 499 g/mol. The Morgan fingerprint density at radius 3 is 2.65 bits per heavy atom. The topological polar surface area (TPSA) is 77.7 Å². The van der Waals surface area contributed by atoms with E-state index in [0.717, 1.165) is 49.6 Å². The Bertz CT molecular complexity index is 1340. The summed E-state index contributed by atoms with van der Waals surface area (Å²) in [7, 11) is 1.86. The monoisotopic (exact) mass is 498 g/mol. The van der Waals surface area contributed by atoms with Crippen LogP contribution in [-0.4, -0.2) is 57.3 Å². The fourth-order valence-electron chi connectivity index (χ4n) is 4.77. The van der Waals surface area contributed by atoms with E-state index in [-0.39, 0.29) is 5.75 Å². The third-order valence-electron chi connectivity index (χ3n) is 6.84. The van der Waals surface area contributed by atoms with E-state index in [1.165, 1.54) is 16.7 Å². The number of phenols is 1. The summed E-state index contributed by atoms with van der Waals surface area (Å²) >= 11 is 0. The minimum atomic E-state index is 0.211. The van der Waals surface area contributed by atoms with Gasteiger partial charge in [0.2, 0.25) is 0 Å². The Morgan fingerprint density at radius 1 is 1.22 bits per heavy atom. The minimum Gasteiger partial charge on any atom is -0.507 e. The first-order valence-corrected chi connectivity index (χ1v) is 12.9. The lowest BCUT2D eigenvalue weighted by Gasteiger charge is -2.33. The zero-order valence-electron chi connectivity index (χ0n) is 22.3. The van der Waals surface area contributed by atoms with Gasteiger partial charge in [0.15, 0.2) is 5.65 Å². The van der Waals surface area contributed by atoms with Crippen molar-refractivity contribution in [1.82, 2.24) is 19.5 Å². The second-order valence-corrected chi connectivity index (χ2v) is 9.62. The summed E-state index contributed by atoms with van der Waals surface area (Å²) in [6, 6.07) is 9.60. The molecule has 2 aromatic heterocycles. The summed E-state index contributed by atoms with van der Waals surface area (Å²) in [5, 5.41) is 21.9. The zero-order chi connectivity index (χ0) is 26.4. The highest BCUT2D eigenvalue weighted by Crippen LogP contribution is 2.31. The van der Waals surface area contributed by atoms with E-state index in [2.05, 4.69) is 59.3 Å². The highest BCUT2D eigenvalue weighted by Gasteiger charge is 2.21. The van der Waals surface area contributed by atoms with Crippen LogP contribution < -0.4 is 10.6 Å². The van der Waals surface area contributed by atoms with Crippen LogP contribution >= 0.6 is 0 Å². The summed E-state index contributed by atoms with van der Waals surface area (Å²) in [6.45, 7) is 13.3. The minimum absolute atomic E-state index is 0.211. The lowest BCUT2D eigenvalue weighted by atomic mass is 10.0. The number of aromatic hydroxyl groups is 1. The second kappa shape index (κ2) is 11.9. The molecule has 4 rings (SSSR count). The predicted octanol–water partition coefficient (Wildman–Crippen LogP) is 6.04. The van der Waals surface area contributed by atoms with Gasteiger partial charge in [-0.05, 0) is 56.9 Å². The van der Waals surface area contributed by atoms with E-state index in [9.17, 15) is 5.11 Å². The average Bonchev–Trinajstić information content (AvgIpc) is 3.32. The molecule has 0 unspecified atom stereocenters. The Kier molecular flexibility index (Phi) is 8.46. The van der Waals surface area contributed by atoms with Crippen molar-refractivity contribution in [2.45, 2.75) is 39.7 Å². The van der Waals surface area contributed by atoms with Gasteiger partial charge in [-0.25, -0.2) is 4.98 Å². The number of likely N-dealkylation sites (tertiary alicyclic amines) is 1. The van der Waals surface area contributed by atoms with Crippen molar-refractivity contribution < 1.29 is 5.11 Å². The number of piperidine rings is 1. The van der Waals surface area contributed by atoms with Gasteiger partial charge in [-0.15, -0.1) is 0 Å². The Labute approximate surface area is 219 Å². The second-order valence-electron chi connectivity index (χ2n) is 9.62. The van der Waals surface area contributed by atoms with Crippen molar-refractivity contribution in [2.24, 2.45) is 0 Å². The normalized spacial score (nSPS) is 16.3. The molecular weight excluding hydrogens is 460 g/mol. The number of para-hydroxylation sites is 1. The standard InChI is InChI=1S/C30H38N6O/c1-6-10-23(22(4)7-2)17-21(3)20-35-15-13-24(14-16-35)33-29-18-26(25-11-8-9-12-28(25)37)34-30-27(31-5)19-32-36(29)30/h6-12,17-19,24,31,33,37H,2,13-16,20H2,1,3-5H3/b10-6-,21-17+,23-22+. The molecule has 0 aliphatic carbocycles. The number of anilines is 2. The van der Waals surface area contributed by atoms with Crippen molar-refractivity contribution in [3.63, 3.8) is 0 Å². The van der Waals surface area contributed by atoms with E-state index in [1.807, 2.05) is 48.8 Å². The summed E-state index contributed by atoms with van der Waals surface area (Å²) in [6.07, 6.45) is 12.2. The quantitative estimate of drug-likeness (QED) is 0.312. The molecule has 1 aliphatic heterocycles. The lowest BCUT2D eigenvalue weighted by Crippen LogP contribution is -2.40. The molecule has 37 heavy (non-hydrogen) atoms. The first kappa shape index (κ1) is 26.2. The third kappa shape index (κ3) is 6.12. The van der Waals surface area contributed by atoms with Crippen LogP contribution in [0.2, 0.25) is 0 Å². The SMILES string of the molecule is C=C/C(C)=C(\C=C/C)/C=C(\C)CN1CCC(Nc2cc(-c3ccccc3O)nc3c(NC)cnn23)CC1. The maximum atomic E-state index is 10.4. The van der Waals surface area contributed by atoms with E-state index < -0.39 is 0 Å². The van der Waals surface area contributed by atoms with E-state index in [4.69, 9.17) is 4.98 Å². The maximum Gasteiger partial charge on any atom is 0.181 e. The third-order valence-corrected chi connectivity index (χ3v) is 6.84. The maximum absolute atomic E-state index is 10.4. The first-order chi connectivity index (χ1) is 17.9. The van der Waals surface area contributed by atoms with Gasteiger partial charge in [0, 0.05) is 44.4 Å². The van der Waals surface area contributed by atoms with Crippen LogP contribution in [0.25, 0.3) is 16.9 Å². The summed E-state index contributed by atoms with van der Waals surface area (Å²) in [5.41, 5.74) is 6.73. The number of benzene rings is 1. The van der Waals surface area contributed by atoms with Crippen molar-refractivity contribution in [3.8, 4) is 17.0 Å².